The smallest absolute Gasteiger partial charge is 0.279 e. The number of carbonyl (C=O) groups is 2. The van der Waals surface area contributed by atoms with Crippen molar-refractivity contribution in [1.29, 1.82) is 0 Å². The van der Waals surface area contributed by atoms with Crippen LogP contribution in [0.5, 0.6) is 11.5 Å². The van der Waals surface area contributed by atoms with Gasteiger partial charge in [-0.25, -0.2) is 0 Å². The van der Waals surface area contributed by atoms with Gasteiger partial charge < -0.3 is 15.0 Å². The van der Waals surface area contributed by atoms with Crippen molar-refractivity contribution in [3.8, 4) is 11.5 Å². The SMILES string of the molecule is CC(C)NC(=O)SC1CC(=O)N(Cc2ccc(Oc3ccccc3)cc2)C1. The first-order valence-electron chi connectivity index (χ1n) is 9.06. The Morgan fingerprint density at radius 3 is 2.48 bits per heavy atom. The fourth-order valence-corrected chi connectivity index (χ4v) is 3.98. The third kappa shape index (κ3) is 5.76. The summed E-state index contributed by atoms with van der Waals surface area (Å²) in [6, 6.07) is 17.5. The lowest BCUT2D eigenvalue weighted by Gasteiger charge is -2.17. The number of carbonyl (C=O) groups excluding carboxylic acids is 2. The fraction of sp³-hybridized carbons (Fsp3) is 0.333. The van der Waals surface area contributed by atoms with Gasteiger partial charge in [0.05, 0.1) is 0 Å². The number of thioether (sulfide) groups is 1. The Hall–Kier alpha value is -2.47. The van der Waals surface area contributed by atoms with Crippen LogP contribution < -0.4 is 10.1 Å². The normalized spacial score (nSPS) is 16.6. The zero-order chi connectivity index (χ0) is 19.2. The number of hydrogen-bond acceptors (Lipinski definition) is 4. The minimum absolute atomic E-state index is 0.0111. The number of para-hydroxylation sites is 1. The molecule has 3 rings (SSSR count). The second kappa shape index (κ2) is 8.95. The van der Waals surface area contributed by atoms with Crippen LogP contribution in [0.15, 0.2) is 54.6 Å². The molecule has 1 fully saturated rings. The second-order valence-electron chi connectivity index (χ2n) is 6.86. The fourth-order valence-electron chi connectivity index (χ4n) is 2.90. The van der Waals surface area contributed by atoms with Crippen LogP contribution in [0.1, 0.15) is 25.8 Å². The molecule has 0 spiro atoms. The molecule has 0 aliphatic carbocycles. The van der Waals surface area contributed by atoms with Gasteiger partial charge in [0.1, 0.15) is 11.5 Å². The largest absolute Gasteiger partial charge is 0.457 e. The summed E-state index contributed by atoms with van der Waals surface area (Å²) in [5.74, 6) is 1.64. The van der Waals surface area contributed by atoms with Crippen LogP contribution >= 0.6 is 11.8 Å². The summed E-state index contributed by atoms with van der Waals surface area (Å²) < 4.78 is 5.79. The average molecular weight is 385 g/mol. The molecule has 2 aromatic carbocycles. The molecule has 0 aromatic heterocycles. The van der Waals surface area contributed by atoms with Gasteiger partial charge in [0, 0.05) is 30.8 Å². The van der Waals surface area contributed by atoms with Gasteiger partial charge in [-0.05, 0) is 43.7 Å². The molecule has 27 heavy (non-hydrogen) atoms. The van der Waals surface area contributed by atoms with Crippen LogP contribution in [0.4, 0.5) is 4.79 Å². The van der Waals surface area contributed by atoms with Crippen molar-refractivity contribution in [2.24, 2.45) is 0 Å². The minimum atomic E-state index is -0.0629. The number of rotatable bonds is 6. The van der Waals surface area contributed by atoms with Gasteiger partial charge in [-0.3, -0.25) is 9.59 Å². The Kier molecular flexibility index (Phi) is 6.40. The molecule has 1 N–H and O–H groups in total. The number of amides is 2. The second-order valence-corrected chi connectivity index (χ2v) is 8.14. The Morgan fingerprint density at radius 1 is 1.15 bits per heavy atom. The Labute approximate surface area is 164 Å². The molecule has 5 nitrogen and oxygen atoms in total. The maximum atomic E-state index is 12.3. The van der Waals surface area contributed by atoms with Crippen LogP contribution in [0, 0.1) is 0 Å². The van der Waals surface area contributed by atoms with Crippen molar-refractivity contribution < 1.29 is 14.3 Å². The predicted octanol–water partition coefficient (Wildman–Crippen LogP) is 4.43. The highest BCUT2D eigenvalue weighted by Gasteiger charge is 2.31. The summed E-state index contributed by atoms with van der Waals surface area (Å²) in [6.45, 7) is 5.00. The van der Waals surface area contributed by atoms with E-state index < -0.39 is 0 Å². The molecule has 0 radical (unpaired) electrons. The number of nitrogens with zero attached hydrogens (tertiary/aromatic N) is 1. The van der Waals surface area contributed by atoms with Crippen LogP contribution in [0.3, 0.4) is 0 Å². The molecule has 1 aliphatic rings. The van der Waals surface area contributed by atoms with Crippen molar-refractivity contribution in [1.82, 2.24) is 10.2 Å². The number of hydrogen-bond donors (Lipinski definition) is 1. The number of ether oxygens (including phenoxy) is 1. The van der Waals surface area contributed by atoms with Gasteiger partial charge in [0.2, 0.25) is 5.91 Å². The standard InChI is InChI=1S/C21H24N2O3S/c1-15(2)22-21(25)27-19-12-20(24)23(14-19)13-16-8-10-18(11-9-16)26-17-6-4-3-5-7-17/h3-11,15,19H,12-14H2,1-2H3,(H,22,25). The summed E-state index contributed by atoms with van der Waals surface area (Å²) in [6.07, 6.45) is 0.408. The maximum absolute atomic E-state index is 12.3. The van der Waals surface area contributed by atoms with E-state index in [-0.39, 0.29) is 22.4 Å². The van der Waals surface area contributed by atoms with Gasteiger partial charge in [-0.2, -0.15) is 0 Å². The third-order valence-corrected chi connectivity index (χ3v) is 5.12. The van der Waals surface area contributed by atoms with E-state index in [1.165, 1.54) is 11.8 Å². The van der Waals surface area contributed by atoms with E-state index in [0.29, 0.717) is 19.5 Å². The van der Waals surface area contributed by atoms with Gasteiger partial charge in [0.25, 0.3) is 5.24 Å². The number of benzene rings is 2. The van der Waals surface area contributed by atoms with E-state index >= 15 is 0 Å². The van der Waals surface area contributed by atoms with Crippen molar-refractivity contribution in [2.45, 2.75) is 38.1 Å². The topological polar surface area (TPSA) is 58.6 Å². The third-order valence-electron chi connectivity index (χ3n) is 4.13. The van der Waals surface area contributed by atoms with Crippen LogP contribution in [0.25, 0.3) is 0 Å². The van der Waals surface area contributed by atoms with E-state index in [9.17, 15) is 9.59 Å². The highest BCUT2D eigenvalue weighted by molar-refractivity contribution is 8.14. The van der Waals surface area contributed by atoms with E-state index in [1.807, 2.05) is 73.3 Å². The minimum Gasteiger partial charge on any atom is -0.457 e. The molecule has 1 atom stereocenters. The Morgan fingerprint density at radius 2 is 1.81 bits per heavy atom. The van der Waals surface area contributed by atoms with Crippen LogP contribution in [0.2, 0.25) is 0 Å². The molecule has 6 heteroatoms. The summed E-state index contributed by atoms with van der Waals surface area (Å²) in [7, 11) is 0. The van der Waals surface area contributed by atoms with Crippen molar-refractivity contribution in [2.75, 3.05) is 6.54 Å². The predicted molar refractivity (Wildman–Crippen MR) is 108 cm³/mol. The first-order valence-corrected chi connectivity index (χ1v) is 9.94. The zero-order valence-corrected chi connectivity index (χ0v) is 16.4. The monoisotopic (exact) mass is 384 g/mol. The quantitative estimate of drug-likeness (QED) is 0.800. The van der Waals surface area contributed by atoms with Crippen molar-refractivity contribution >= 4 is 22.9 Å². The van der Waals surface area contributed by atoms with Crippen molar-refractivity contribution in [3.63, 3.8) is 0 Å². The number of nitrogens with one attached hydrogen (secondary N) is 1. The molecule has 0 saturated carbocycles. The summed E-state index contributed by atoms with van der Waals surface area (Å²) >= 11 is 1.22. The summed E-state index contributed by atoms with van der Waals surface area (Å²) in [5.41, 5.74) is 1.04. The van der Waals surface area contributed by atoms with E-state index in [1.54, 1.807) is 0 Å². The average Bonchev–Trinajstić information content (AvgIpc) is 2.95. The lowest BCUT2D eigenvalue weighted by atomic mass is 10.2. The molecule has 1 saturated heterocycles. The molecule has 1 heterocycles. The maximum Gasteiger partial charge on any atom is 0.279 e. The van der Waals surface area contributed by atoms with Gasteiger partial charge in [-0.15, -0.1) is 0 Å². The highest BCUT2D eigenvalue weighted by atomic mass is 32.2. The van der Waals surface area contributed by atoms with Crippen molar-refractivity contribution in [3.05, 3.63) is 60.2 Å². The summed E-state index contributed by atoms with van der Waals surface area (Å²) in [5, 5.41) is 2.80. The zero-order valence-electron chi connectivity index (χ0n) is 15.6. The van der Waals surface area contributed by atoms with E-state index in [2.05, 4.69) is 5.32 Å². The molecular formula is C21H24N2O3S. The molecule has 0 bridgehead atoms. The Balaban J connectivity index is 1.52. The molecular weight excluding hydrogens is 360 g/mol. The Bertz CT molecular complexity index is 778. The van der Waals surface area contributed by atoms with Crippen LogP contribution in [-0.2, 0) is 11.3 Å². The van der Waals surface area contributed by atoms with E-state index in [4.69, 9.17) is 4.74 Å². The molecule has 1 unspecified atom stereocenters. The number of likely N-dealkylation sites (tertiary alicyclic amines) is 1. The molecule has 142 valence electrons. The molecule has 1 aliphatic heterocycles. The van der Waals surface area contributed by atoms with Gasteiger partial charge in [-0.1, -0.05) is 42.1 Å². The van der Waals surface area contributed by atoms with Crippen LogP contribution in [-0.4, -0.2) is 33.9 Å². The first-order chi connectivity index (χ1) is 13.0. The van der Waals surface area contributed by atoms with E-state index in [0.717, 1.165) is 17.1 Å². The first kappa shape index (κ1) is 19.3. The lowest BCUT2D eigenvalue weighted by molar-refractivity contribution is -0.128. The molecule has 2 aromatic rings. The highest BCUT2D eigenvalue weighted by Crippen LogP contribution is 2.27. The van der Waals surface area contributed by atoms with Gasteiger partial charge >= 0.3 is 0 Å². The van der Waals surface area contributed by atoms with Gasteiger partial charge in [0.15, 0.2) is 0 Å². The molecule has 2 amide bonds. The summed E-state index contributed by atoms with van der Waals surface area (Å²) in [4.78, 5) is 25.9. The lowest BCUT2D eigenvalue weighted by Crippen LogP contribution is -2.29.